The summed E-state index contributed by atoms with van der Waals surface area (Å²) in [5.41, 5.74) is 10.9. The van der Waals surface area contributed by atoms with Gasteiger partial charge in [0.15, 0.2) is 5.88 Å². The van der Waals surface area contributed by atoms with Gasteiger partial charge in [0.05, 0.1) is 39.7 Å². The summed E-state index contributed by atoms with van der Waals surface area (Å²) >= 11 is 5.34. The Balaban J connectivity index is 0.000000189. The van der Waals surface area contributed by atoms with E-state index in [2.05, 4.69) is 123 Å². The zero-order chi connectivity index (χ0) is 48.0. The number of hydrogen-bond acceptors (Lipinski definition) is 9. The molecule has 3 N–H and O–H groups in total. The van der Waals surface area contributed by atoms with Gasteiger partial charge in [-0.1, -0.05) is 126 Å². The van der Waals surface area contributed by atoms with Crippen LogP contribution in [-0.2, 0) is 40.7 Å². The third kappa shape index (κ3) is 12.2. The molecule has 3 amide bonds. The van der Waals surface area contributed by atoms with Crippen molar-refractivity contribution in [2.75, 3.05) is 52.5 Å². The zero-order valence-corrected chi connectivity index (χ0v) is 43.7. The number of carbonyl (C=O) groups excluding carboxylic acids is 4. The van der Waals surface area contributed by atoms with Crippen LogP contribution in [0.25, 0.3) is 16.5 Å². The number of carbonyl (C=O) groups is 4. The molecule has 7 aromatic rings. The van der Waals surface area contributed by atoms with Gasteiger partial charge < -0.3 is 31.5 Å². The number of nitrogens with zero attached hydrogens (tertiary/aromatic N) is 5. The van der Waals surface area contributed by atoms with Gasteiger partial charge in [0.25, 0.3) is 17.6 Å². The Morgan fingerprint density at radius 2 is 1.29 bits per heavy atom. The fraction of sp³-hybridized carbons (Fsp3) is 0.173. The number of Topliss-reactive ketones (excluding diaryl/α,β-unsaturated/α-hetero) is 1. The van der Waals surface area contributed by atoms with Crippen LogP contribution in [0, 0.1) is 0 Å². The number of rotatable bonds is 1. The Labute approximate surface area is 440 Å². The number of aromatic nitrogens is 1. The molecule has 5 aliphatic rings. The van der Waals surface area contributed by atoms with E-state index in [1.54, 1.807) is 42.9 Å². The van der Waals surface area contributed by atoms with Crippen molar-refractivity contribution in [1.29, 1.82) is 0 Å². The minimum atomic E-state index is -0.448. The number of ketones is 1. The Bertz CT molecular complexity index is 3050. The number of halogens is 1. The Morgan fingerprint density at radius 1 is 0.721 bits per heavy atom. The Hall–Kier alpha value is -5.85. The fourth-order valence-electron chi connectivity index (χ4n) is 8.18. The number of thiol groups is 1. The van der Waals surface area contributed by atoms with Crippen LogP contribution < -0.4 is 60.6 Å². The second-order valence-corrected chi connectivity index (χ2v) is 15.7. The molecular formula is C52H51BIN7NaO5S. The van der Waals surface area contributed by atoms with Crippen molar-refractivity contribution < 1.29 is 55.3 Å². The Morgan fingerprint density at radius 3 is 1.97 bits per heavy atom. The topological polar surface area (TPSA) is 149 Å². The molecule has 6 heterocycles. The van der Waals surface area contributed by atoms with E-state index in [9.17, 15) is 24.3 Å². The van der Waals surface area contributed by atoms with Crippen molar-refractivity contribution in [3.63, 3.8) is 0 Å². The molecule has 0 unspecified atom stereocenters. The number of aromatic hydroxyl groups is 1. The first-order valence-electron chi connectivity index (χ1n) is 21.3. The van der Waals surface area contributed by atoms with Crippen molar-refractivity contribution in [1.82, 2.24) is 4.57 Å². The average molecular weight is 1050 g/mol. The Kier molecular flexibility index (Phi) is 19.9. The molecule has 0 spiro atoms. The van der Waals surface area contributed by atoms with E-state index in [1.807, 2.05) is 77.7 Å². The molecular weight excluding hydrogens is 995 g/mol. The molecule has 0 fully saturated rings. The molecule has 6 aromatic carbocycles. The smallest absolute Gasteiger partial charge is 1.00 e. The van der Waals surface area contributed by atoms with E-state index in [0.29, 0.717) is 34.2 Å². The van der Waals surface area contributed by atoms with Crippen LogP contribution in [0.1, 0.15) is 34.0 Å². The van der Waals surface area contributed by atoms with Gasteiger partial charge in [-0.2, -0.15) is 0 Å². The summed E-state index contributed by atoms with van der Waals surface area (Å²) in [7, 11) is 9.87. The number of para-hydroxylation sites is 6. The zero-order valence-electron chi connectivity index (χ0n) is 39.6. The first-order valence-corrected chi connectivity index (χ1v) is 23.9. The summed E-state index contributed by atoms with van der Waals surface area (Å²) in [6.07, 6.45) is 2.94. The number of nitrogens with one attached hydrogen (secondary N) is 2. The largest absolute Gasteiger partial charge is 1.00 e. The van der Waals surface area contributed by atoms with Gasteiger partial charge in [0, 0.05) is 61.9 Å². The molecule has 5 aliphatic heterocycles. The van der Waals surface area contributed by atoms with Crippen molar-refractivity contribution in [2.24, 2.45) is 16.3 Å². The maximum absolute atomic E-state index is 12.3. The normalized spacial score (nSPS) is 13.5. The molecule has 0 saturated carbocycles. The molecule has 341 valence electrons. The third-order valence-electron chi connectivity index (χ3n) is 11.4. The van der Waals surface area contributed by atoms with Crippen LogP contribution in [0.3, 0.4) is 0 Å². The molecule has 16 heteroatoms. The second-order valence-electron chi connectivity index (χ2n) is 15.4. The fourth-order valence-corrected chi connectivity index (χ4v) is 8.18. The van der Waals surface area contributed by atoms with Gasteiger partial charge in [0.2, 0.25) is 5.91 Å². The summed E-state index contributed by atoms with van der Waals surface area (Å²) in [4.78, 5) is 55.2. The number of aryl methyl sites for hydroxylation is 1. The SMILES string of the molecule is CI.CN1C(=O)C(=O)c2ccccc21.CN1CCc2ccccc21.Cn1c(O)c(C2=c3ccccc3=NC2=O)c2ccccc21.O=C1Cc2ccccc2N1.[B]=NS.[H-].[Na+].c1ccc2c(c1)CCN2. The van der Waals surface area contributed by atoms with Gasteiger partial charge in [0.1, 0.15) is 0 Å². The maximum atomic E-state index is 12.3. The maximum Gasteiger partial charge on any atom is 1.00 e. The van der Waals surface area contributed by atoms with Crippen molar-refractivity contribution >= 4 is 106 Å². The number of likely N-dealkylation sites (N-methyl/N-ethyl adjacent to an activating group) is 2. The van der Waals surface area contributed by atoms with Gasteiger partial charge >= 0.3 is 54.3 Å². The van der Waals surface area contributed by atoms with E-state index in [1.165, 1.54) is 46.8 Å². The molecule has 12 nitrogen and oxygen atoms in total. The van der Waals surface area contributed by atoms with Gasteiger partial charge in [-0.3, -0.25) is 19.2 Å². The molecule has 68 heavy (non-hydrogen) atoms. The van der Waals surface area contributed by atoms with Crippen molar-refractivity contribution in [3.8, 4) is 5.88 Å². The van der Waals surface area contributed by atoms with Gasteiger partial charge in [-0.05, 0) is 76.9 Å². The van der Waals surface area contributed by atoms with E-state index in [0.717, 1.165) is 33.9 Å². The van der Waals surface area contributed by atoms with E-state index < -0.39 is 11.7 Å². The van der Waals surface area contributed by atoms with Crippen LogP contribution in [-0.4, -0.2) is 72.9 Å². The molecule has 12 rings (SSSR count). The predicted molar refractivity (Wildman–Crippen MR) is 283 cm³/mol. The molecule has 0 aliphatic carbocycles. The molecule has 1 aromatic heterocycles. The molecule has 0 atom stereocenters. The quantitative estimate of drug-likeness (QED) is 0.0599. The monoisotopic (exact) mass is 1050 g/mol. The van der Waals surface area contributed by atoms with E-state index in [-0.39, 0.29) is 48.7 Å². The minimum Gasteiger partial charge on any atom is -1.00 e. The summed E-state index contributed by atoms with van der Waals surface area (Å²) in [6, 6.07) is 46.8. The summed E-state index contributed by atoms with van der Waals surface area (Å²) in [6.45, 7) is 2.29. The number of amides is 3. The van der Waals surface area contributed by atoms with Crippen molar-refractivity contribution in [3.05, 3.63) is 184 Å². The molecule has 1 radical (unpaired) electrons. The minimum absolute atomic E-state index is 0. The average Bonchev–Trinajstić information content (AvgIpc) is 4.22. The van der Waals surface area contributed by atoms with Crippen LogP contribution in [0.2, 0.25) is 0 Å². The van der Waals surface area contributed by atoms with Crippen LogP contribution in [0.4, 0.5) is 22.7 Å². The molecule has 0 bridgehead atoms. The summed E-state index contributed by atoms with van der Waals surface area (Å²) in [5.74, 6) is -0.972. The summed E-state index contributed by atoms with van der Waals surface area (Å²) < 4.78 is 4.38. The predicted octanol–water partition coefficient (Wildman–Crippen LogP) is 4.95. The van der Waals surface area contributed by atoms with Gasteiger partial charge in [-0.15, -0.1) is 0 Å². The van der Waals surface area contributed by atoms with Crippen molar-refractivity contribution in [2.45, 2.75) is 19.3 Å². The third-order valence-corrected chi connectivity index (χ3v) is 11.4. The van der Waals surface area contributed by atoms with E-state index in [4.69, 9.17) is 0 Å². The summed E-state index contributed by atoms with van der Waals surface area (Å²) in [5, 5.41) is 18.8. The van der Waals surface area contributed by atoms with Gasteiger partial charge in [-0.25, -0.2) is 4.99 Å². The van der Waals surface area contributed by atoms with Crippen LogP contribution in [0.5, 0.6) is 5.88 Å². The van der Waals surface area contributed by atoms with Crippen LogP contribution >= 0.6 is 35.4 Å². The number of benzene rings is 6. The first-order chi connectivity index (χ1) is 32.5. The van der Waals surface area contributed by atoms with Crippen LogP contribution in [0.15, 0.2) is 155 Å². The molecule has 0 saturated heterocycles. The van der Waals surface area contributed by atoms with E-state index >= 15 is 0 Å². The number of fused-ring (bicyclic) bond motifs is 6. The standard InChI is InChI=1S/C17H12N2O2.C9H7NO2.C9H11N.C8H7NO.C8H9N.CH3I.BHNS.Na.H/c1-19-13-9-5-3-7-11(13)15(17(19)21)14-10-6-2-4-8-12(10)18-16(14)20;1-10-7-5-3-2-4-6(7)8(11)9(10)12;1-10-7-6-8-4-2-3-5-9(8)10;10-8-5-6-3-1-2-4-7(6)9-8;1-2-4-8-7(3-1)5-6-9-8;1-2;1-2-3;;/h2-9,21H,1H3;2-5H,1H3;2-5H,6-7H2,1H3;1-4H,5H2,(H,9,10);1-4,9H,5-6H2;1H3;3H;;/q;;;;;;;+1;-1. The number of anilines is 4. The number of alkyl halides is 1. The number of hydrogen-bond donors (Lipinski definition) is 4. The second kappa shape index (κ2) is 25.5. The first kappa shape index (κ1) is 53.1.